The molecule has 1 aromatic rings. The van der Waals surface area contributed by atoms with Gasteiger partial charge in [0.1, 0.15) is 0 Å². The van der Waals surface area contributed by atoms with E-state index in [1.165, 1.54) is 13.0 Å². The number of halogens is 1. The normalized spacial score (nSPS) is 13.9. The van der Waals surface area contributed by atoms with E-state index in [-0.39, 0.29) is 6.54 Å². The third-order valence-electron chi connectivity index (χ3n) is 2.45. The molecule has 0 fully saturated rings. The third kappa shape index (κ3) is 6.49. The number of hydrogen-bond donors (Lipinski definition) is 3. The van der Waals surface area contributed by atoms with Crippen LogP contribution in [0.3, 0.4) is 0 Å². The van der Waals surface area contributed by atoms with Crippen LogP contribution in [-0.2, 0) is 9.59 Å². The van der Waals surface area contributed by atoms with E-state index in [0.29, 0.717) is 0 Å². The van der Waals surface area contributed by atoms with Gasteiger partial charge in [-0.3, -0.25) is 9.59 Å². The topological polar surface area (TPSA) is 86.6 Å². The maximum absolute atomic E-state index is 11.6. The highest BCUT2D eigenvalue weighted by Gasteiger charge is 2.24. The van der Waals surface area contributed by atoms with Crippen molar-refractivity contribution >= 4 is 33.9 Å². The van der Waals surface area contributed by atoms with E-state index in [1.54, 1.807) is 6.08 Å². The number of benzene rings is 1. The molecule has 0 heterocycles. The quantitative estimate of drug-likeness (QED) is 0.688. The molecule has 1 aromatic carbocycles. The van der Waals surface area contributed by atoms with Crippen LogP contribution in [0.5, 0.6) is 0 Å². The Morgan fingerprint density at radius 3 is 2.75 bits per heavy atom. The standard InChI is InChI=1S/C14H16BrNO4/c1-14(20,8-13(18)19)9-16-12(17)6-5-10-3-2-4-11(15)7-10/h2-7,20H,8-9H2,1H3,(H,16,17)(H,18,19). The zero-order valence-corrected chi connectivity index (χ0v) is 12.6. The number of rotatable bonds is 6. The Balaban J connectivity index is 2.50. The summed E-state index contributed by atoms with van der Waals surface area (Å²) in [5.74, 6) is -1.51. The number of amides is 1. The van der Waals surface area contributed by atoms with Crippen LogP contribution < -0.4 is 5.32 Å². The van der Waals surface area contributed by atoms with Gasteiger partial charge in [0, 0.05) is 17.1 Å². The first kappa shape index (κ1) is 16.4. The van der Waals surface area contributed by atoms with E-state index < -0.39 is 23.9 Å². The number of carboxylic acids is 1. The highest BCUT2D eigenvalue weighted by Crippen LogP contribution is 2.12. The fourth-order valence-electron chi connectivity index (χ4n) is 1.51. The van der Waals surface area contributed by atoms with Gasteiger partial charge in [0.2, 0.25) is 5.91 Å². The third-order valence-corrected chi connectivity index (χ3v) is 2.94. The zero-order chi connectivity index (χ0) is 15.2. The summed E-state index contributed by atoms with van der Waals surface area (Å²) in [6.07, 6.45) is 2.53. The molecule has 20 heavy (non-hydrogen) atoms. The Hall–Kier alpha value is -1.66. The molecule has 0 radical (unpaired) electrons. The second kappa shape index (κ2) is 7.21. The molecule has 5 nitrogen and oxygen atoms in total. The van der Waals surface area contributed by atoms with Crippen molar-refractivity contribution in [1.82, 2.24) is 5.32 Å². The lowest BCUT2D eigenvalue weighted by molar-refractivity contribution is -0.142. The van der Waals surface area contributed by atoms with E-state index in [9.17, 15) is 14.7 Å². The molecule has 1 atom stereocenters. The SMILES string of the molecule is CC(O)(CNC(=O)C=Cc1cccc(Br)c1)CC(=O)O. The van der Waals surface area contributed by atoms with E-state index in [1.807, 2.05) is 24.3 Å². The first-order chi connectivity index (χ1) is 9.28. The molecule has 108 valence electrons. The van der Waals surface area contributed by atoms with Crippen LogP contribution in [0.25, 0.3) is 6.08 Å². The maximum Gasteiger partial charge on any atom is 0.306 e. The molecule has 0 aromatic heterocycles. The van der Waals surface area contributed by atoms with Gasteiger partial charge in [-0.25, -0.2) is 0 Å². The van der Waals surface area contributed by atoms with Crippen LogP contribution >= 0.6 is 15.9 Å². The minimum Gasteiger partial charge on any atom is -0.481 e. The molecular weight excluding hydrogens is 326 g/mol. The number of hydrogen-bond acceptors (Lipinski definition) is 3. The molecule has 1 amide bonds. The average Bonchev–Trinajstić information content (AvgIpc) is 2.32. The van der Waals surface area contributed by atoms with Gasteiger partial charge in [0.05, 0.1) is 12.0 Å². The van der Waals surface area contributed by atoms with Crippen molar-refractivity contribution in [3.8, 4) is 0 Å². The second-order valence-corrected chi connectivity index (χ2v) is 5.59. The van der Waals surface area contributed by atoms with Gasteiger partial charge in [-0.2, -0.15) is 0 Å². The summed E-state index contributed by atoms with van der Waals surface area (Å²) in [5.41, 5.74) is -0.614. The molecule has 3 N–H and O–H groups in total. The van der Waals surface area contributed by atoms with Crippen LogP contribution in [0.15, 0.2) is 34.8 Å². The number of nitrogens with one attached hydrogen (secondary N) is 1. The van der Waals surface area contributed by atoms with Crippen LogP contribution in [-0.4, -0.2) is 34.2 Å². The number of aliphatic hydroxyl groups is 1. The predicted octanol–water partition coefficient (Wildman–Crippen LogP) is 1.80. The Morgan fingerprint density at radius 1 is 1.45 bits per heavy atom. The summed E-state index contributed by atoms with van der Waals surface area (Å²) in [4.78, 5) is 22.1. The lowest BCUT2D eigenvalue weighted by atomic mass is 10.0. The van der Waals surface area contributed by atoms with Crippen molar-refractivity contribution in [2.75, 3.05) is 6.54 Å². The van der Waals surface area contributed by atoms with Crippen LogP contribution in [0.2, 0.25) is 0 Å². The Morgan fingerprint density at radius 2 is 2.15 bits per heavy atom. The molecule has 6 heteroatoms. The van der Waals surface area contributed by atoms with Crippen LogP contribution in [0.4, 0.5) is 0 Å². The number of carboxylic acid groups (broad SMARTS) is 1. The lowest BCUT2D eigenvalue weighted by Gasteiger charge is -2.20. The fraction of sp³-hybridized carbons (Fsp3) is 0.286. The van der Waals surface area contributed by atoms with Gasteiger partial charge in [0.25, 0.3) is 0 Å². The van der Waals surface area contributed by atoms with E-state index in [0.717, 1.165) is 10.0 Å². The second-order valence-electron chi connectivity index (χ2n) is 4.67. The largest absolute Gasteiger partial charge is 0.481 e. The smallest absolute Gasteiger partial charge is 0.306 e. The van der Waals surface area contributed by atoms with E-state index in [2.05, 4.69) is 21.2 Å². The number of carbonyl (C=O) groups is 2. The monoisotopic (exact) mass is 341 g/mol. The molecule has 0 spiro atoms. The van der Waals surface area contributed by atoms with Gasteiger partial charge < -0.3 is 15.5 Å². The Labute approximate surface area is 125 Å². The van der Waals surface area contributed by atoms with Gasteiger partial charge in [-0.15, -0.1) is 0 Å². The summed E-state index contributed by atoms with van der Waals surface area (Å²) in [6.45, 7) is 1.24. The minimum absolute atomic E-state index is 0.124. The van der Waals surface area contributed by atoms with E-state index in [4.69, 9.17) is 5.11 Å². The Kier molecular flexibility index (Phi) is 5.91. The highest BCUT2D eigenvalue weighted by atomic mass is 79.9. The fourth-order valence-corrected chi connectivity index (χ4v) is 1.92. The molecule has 0 aliphatic carbocycles. The van der Waals surface area contributed by atoms with Crippen molar-refractivity contribution < 1.29 is 19.8 Å². The summed E-state index contributed by atoms with van der Waals surface area (Å²) in [5, 5.41) is 20.8. The molecule has 0 saturated heterocycles. The molecule has 0 saturated carbocycles. The van der Waals surface area contributed by atoms with Gasteiger partial charge >= 0.3 is 5.97 Å². The molecule has 0 aliphatic heterocycles. The van der Waals surface area contributed by atoms with E-state index >= 15 is 0 Å². The highest BCUT2D eigenvalue weighted by molar-refractivity contribution is 9.10. The summed E-state index contributed by atoms with van der Waals surface area (Å²) < 4.78 is 0.907. The minimum atomic E-state index is -1.47. The molecule has 0 bridgehead atoms. The predicted molar refractivity (Wildman–Crippen MR) is 79.1 cm³/mol. The molecule has 1 rings (SSSR count). The lowest BCUT2D eigenvalue weighted by Crippen LogP contribution is -2.41. The van der Waals surface area contributed by atoms with Crippen molar-refractivity contribution in [2.45, 2.75) is 18.9 Å². The first-order valence-corrected chi connectivity index (χ1v) is 6.73. The van der Waals surface area contributed by atoms with Crippen molar-refractivity contribution in [3.05, 3.63) is 40.4 Å². The maximum atomic E-state index is 11.6. The summed E-state index contributed by atoms with van der Waals surface area (Å²) >= 11 is 3.33. The Bertz CT molecular complexity index is 526. The summed E-state index contributed by atoms with van der Waals surface area (Å²) in [7, 11) is 0. The van der Waals surface area contributed by atoms with Gasteiger partial charge in [0.15, 0.2) is 0 Å². The number of carbonyl (C=O) groups excluding carboxylic acids is 1. The van der Waals surface area contributed by atoms with Crippen molar-refractivity contribution in [3.63, 3.8) is 0 Å². The first-order valence-electron chi connectivity index (χ1n) is 5.94. The average molecular weight is 342 g/mol. The van der Waals surface area contributed by atoms with Gasteiger partial charge in [-0.1, -0.05) is 28.1 Å². The van der Waals surface area contributed by atoms with Crippen molar-refractivity contribution in [1.29, 1.82) is 0 Å². The van der Waals surface area contributed by atoms with Crippen LogP contribution in [0, 0.1) is 0 Å². The van der Waals surface area contributed by atoms with Crippen molar-refractivity contribution in [2.24, 2.45) is 0 Å². The van der Waals surface area contributed by atoms with Crippen LogP contribution in [0.1, 0.15) is 18.9 Å². The molecular formula is C14H16BrNO4. The van der Waals surface area contributed by atoms with Gasteiger partial charge in [-0.05, 0) is 30.7 Å². The summed E-state index contributed by atoms with van der Waals surface area (Å²) in [6, 6.07) is 7.42. The molecule has 0 aliphatic rings. The zero-order valence-electron chi connectivity index (χ0n) is 11.0. The number of aliphatic carboxylic acids is 1. The molecule has 1 unspecified atom stereocenters.